The molecule has 0 fully saturated rings. The van der Waals surface area contributed by atoms with Gasteiger partial charge in [-0.3, -0.25) is 13.9 Å². The van der Waals surface area contributed by atoms with Gasteiger partial charge in [-0.2, -0.15) is 0 Å². The molecule has 0 aromatic heterocycles. The summed E-state index contributed by atoms with van der Waals surface area (Å²) < 4.78 is 38.9. The molecule has 31 heavy (non-hydrogen) atoms. The number of carbonyl (C=O) groups is 2. The van der Waals surface area contributed by atoms with Crippen LogP contribution in [0.3, 0.4) is 0 Å². The molecule has 2 aromatic carbocycles. The van der Waals surface area contributed by atoms with Crippen LogP contribution in [0.25, 0.3) is 0 Å². The summed E-state index contributed by atoms with van der Waals surface area (Å²) in [5.74, 6) is -1.47. The van der Waals surface area contributed by atoms with E-state index in [4.69, 9.17) is 11.6 Å². The van der Waals surface area contributed by atoms with Crippen LogP contribution < -0.4 is 9.62 Å². The quantitative estimate of drug-likeness (QED) is 0.611. The lowest BCUT2D eigenvalue weighted by atomic mass is 10.1. The molecule has 2 aromatic rings. The zero-order chi connectivity index (χ0) is 23.2. The average Bonchev–Trinajstić information content (AvgIpc) is 2.71. The highest BCUT2D eigenvalue weighted by molar-refractivity contribution is 7.92. The van der Waals surface area contributed by atoms with Crippen LogP contribution in [-0.2, 0) is 26.2 Å². The number of nitrogens with one attached hydrogen (secondary N) is 1. The van der Waals surface area contributed by atoms with E-state index in [0.717, 1.165) is 28.3 Å². The van der Waals surface area contributed by atoms with Gasteiger partial charge in [0.2, 0.25) is 21.8 Å². The second kappa shape index (κ2) is 10.6. The Morgan fingerprint density at radius 3 is 2.19 bits per heavy atom. The topological polar surface area (TPSA) is 86.8 Å². The summed E-state index contributed by atoms with van der Waals surface area (Å²) in [6.07, 6.45) is 0.959. The molecule has 0 bridgehead atoms. The molecule has 0 unspecified atom stereocenters. The van der Waals surface area contributed by atoms with E-state index in [2.05, 4.69) is 5.32 Å². The van der Waals surface area contributed by atoms with Crippen LogP contribution in [0.4, 0.5) is 10.1 Å². The second-order valence-electron chi connectivity index (χ2n) is 6.96. The Labute approximate surface area is 186 Å². The number of hydrogen-bond donors (Lipinski definition) is 1. The molecular formula is C21H25ClFN3O4S. The summed E-state index contributed by atoms with van der Waals surface area (Å²) in [5, 5.41) is 3.20. The molecule has 0 aliphatic carbocycles. The van der Waals surface area contributed by atoms with Gasteiger partial charge < -0.3 is 10.2 Å². The lowest BCUT2D eigenvalue weighted by Gasteiger charge is -2.31. The Bertz CT molecular complexity index is 1010. The van der Waals surface area contributed by atoms with Crippen LogP contribution in [0, 0.1) is 5.82 Å². The standard InChI is InChI=1S/C21H25ClFN3O4S/c1-4-24-21(28)15(2)25(13-16-5-7-17(22)8-6-16)20(27)14-26(31(3,29)30)19-11-9-18(23)10-12-19/h5-12,15H,4,13-14H2,1-3H3,(H,24,28)/t15-/m0/s1. The number of nitrogens with zero attached hydrogens (tertiary/aromatic N) is 2. The van der Waals surface area contributed by atoms with Gasteiger partial charge in [0.25, 0.3) is 0 Å². The molecule has 0 aliphatic rings. The fraction of sp³-hybridized carbons (Fsp3) is 0.333. The maximum atomic E-state index is 13.3. The SMILES string of the molecule is CCNC(=O)[C@H](C)N(Cc1ccc(Cl)cc1)C(=O)CN(c1ccc(F)cc1)S(C)(=O)=O. The molecule has 0 saturated heterocycles. The largest absolute Gasteiger partial charge is 0.355 e. The second-order valence-corrected chi connectivity index (χ2v) is 9.31. The zero-order valence-electron chi connectivity index (χ0n) is 17.5. The lowest BCUT2D eigenvalue weighted by Crippen LogP contribution is -2.51. The smallest absolute Gasteiger partial charge is 0.244 e. The van der Waals surface area contributed by atoms with E-state index in [0.29, 0.717) is 11.6 Å². The van der Waals surface area contributed by atoms with Crippen molar-refractivity contribution in [3.8, 4) is 0 Å². The molecule has 1 N–H and O–H groups in total. The van der Waals surface area contributed by atoms with Crippen LogP contribution in [0.15, 0.2) is 48.5 Å². The molecular weight excluding hydrogens is 445 g/mol. The van der Waals surface area contributed by atoms with Gasteiger partial charge in [0.15, 0.2) is 0 Å². The van der Waals surface area contributed by atoms with Crippen molar-refractivity contribution in [3.05, 3.63) is 64.9 Å². The Morgan fingerprint density at radius 1 is 1.10 bits per heavy atom. The van der Waals surface area contributed by atoms with E-state index in [-0.39, 0.29) is 18.1 Å². The normalized spacial score (nSPS) is 12.2. The molecule has 168 valence electrons. The number of benzene rings is 2. The fourth-order valence-electron chi connectivity index (χ4n) is 2.91. The van der Waals surface area contributed by atoms with Crippen LogP contribution in [-0.4, -0.2) is 50.5 Å². The first kappa shape index (κ1) is 24.6. The third-order valence-corrected chi connectivity index (χ3v) is 5.97. The maximum Gasteiger partial charge on any atom is 0.244 e. The van der Waals surface area contributed by atoms with Crippen molar-refractivity contribution < 1.29 is 22.4 Å². The van der Waals surface area contributed by atoms with Crippen molar-refractivity contribution >= 4 is 39.1 Å². The number of halogens is 2. The molecule has 0 heterocycles. The van der Waals surface area contributed by atoms with Crippen LogP contribution in [0.2, 0.25) is 5.02 Å². The predicted octanol–water partition coefficient (Wildman–Crippen LogP) is 2.80. The average molecular weight is 470 g/mol. The minimum absolute atomic E-state index is 0.0787. The summed E-state index contributed by atoms with van der Waals surface area (Å²) >= 11 is 5.92. The summed E-state index contributed by atoms with van der Waals surface area (Å²) in [7, 11) is -3.85. The minimum atomic E-state index is -3.85. The first-order valence-corrected chi connectivity index (χ1v) is 11.8. The van der Waals surface area contributed by atoms with Crippen molar-refractivity contribution in [1.29, 1.82) is 0 Å². The van der Waals surface area contributed by atoms with Gasteiger partial charge in [0.05, 0.1) is 11.9 Å². The molecule has 2 rings (SSSR count). The molecule has 2 amide bonds. The fourth-order valence-corrected chi connectivity index (χ4v) is 3.89. The van der Waals surface area contributed by atoms with E-state index in [1.54, 1.807) is 38.1 Å². The third-order valence-electron chi connectivity index (χ3n) is 4.58. The monoisotopic (exact) mass is 469 g/mol. The maximum absolute atomic E-state index is 13.3. The first-order chi connectivity index (χ1) is 14.5. The van der Waals surface area contributed by atoms with Gasteiger partial charge in [-0.05, 0) is 55.8 Å². The molecule has 1 atom stereocenters. The van der Waals surface area contributed by atoms with Gasteiger partial charge in [0, 0.05) is 18.1 Å². The van der Waals surface area contributed by atoms with Crippen molar-refractivity contribution in [3.63, 3.8) is 0 Å². The third kappa shape index (κ3) is 6.93. The van der Waals surface area contributed by atoms with Crippen molar-refractivity contribution in [1.82, 2.24) is 10.2 Å². The zero-order valence-corrected chi connectivity index (χ0v) is 19.1. The lowest BCUT2D eigenvalue weighted by molar-refractivity contribution is -0.139. The van der Waals surface area contributed by atoms with Gasteiger partial charge >= 0.3 is 0 Å². The predicted molar refractivity (Wildman–Crippen MR) is 119 cm³/mol. The van der Waals surface area contributed by atoms with E-state index < -0.39 is 34.3 Å². The highest BCUT2D eigenvalue weighted by atomic mass is 35.5. The summed E-state index contributed by atoms with van der Waals surface area (Å²) in [4.78, 5) is 26.9. The Hall–Kier alpha value is -2.65. The Kier molecular flexibility index (Phi) is 8.41. The number of hydrogen-bond acceptors (Lipinski definition) is 4. The molecule has 0 spiro atoms. The number of likely N-dealkylation sites (N-methyl/N-ethyl adjacent to an activating group) is 1. The summed E-state index contributed by atoms with van der Waals surface area (Å²) in [6.45, 7) is 3.26. The summed E-state index contributed by atoms with van der Waals surface area (Å²) in [6, 6.07) is 10.7. The number of carbonyl (C=O) groups excluding carboxylic acids is 2. The van der Waals surface area contributed by atoms with E-state index in [1.807, 2.05) is 0 Å². The highest BCUT2D eigenvalue weighted by Gasteiger charge is 2.29. The number of rotatable bonds is 9. The molecule has 10 heteroatoms. The van der Waals surface area contributed by atoms with E-state index >= 15 is 0 Å². The Balaban J connectivity index is 2.35. The Morgan fingerprint density at radius 2 is 1.68 bits per heavy atom. The molecule has 7 nitrogen and oxygen atoms in total. The van der Waals surface area contributed by atoms with Crippen LogP contribution >= 0.6 is 11.6 Å². The van der Waals surface area contributed by atoms with E-state index in [9.17, 15) is 22.4 Å². The number of sulfonamides is 1. The van der Waals surface area contributed by atoms with E-state index in [1.165, 1.54) is 17.0 Å². The van der Waals surface area contributed by atoms with Crippen LogP contribution in [0.1, 0.15) is 19.4 Å². The van der Waals surface area contributed by atoms with Crippen molar-refractivity contribution in [2.75, 3.05) is 23.7 Å². The van der Waals surface area contributed by atoms with Crippen LogP contribution in [0.5, 0.6) is 0 Å². The number of anilines is 1. The van der Waals surface area contributed by atoms with Gasteiger partial charge in [0.1, 0.15) is 18.4 Å². The number of amides is 2. The molecule has 0 saturated carbocycles. The van der Waals surface area contributed by atoms with Crippen molar-refractivity contribution in [2.24, 2.45) is 0 Å². The summed E-state index contributed by atoms with van der Waals surface area (Å²) in [5.41, 5.74) is 0.871. The van der Waals surface area contributed by atoms with Gasteiger partial charge in [-0.25, -0.2) is 12.8 Å². The van der Waals surface area contributed by atoms with Crippen molar-refractivity contribution in [2.45, 2.75) is 26.4 Å². The molecule has 0 aliphatic heterocycles. The van der Waals surface area contributed by atoms with Gasteiger partial charge in [-0.1, -0.05) is 23.7 Å². The first-order valence-electron chi connectivity index (χ1n) is 9.57. The van der Waals surface area contributed by atoms with Gasteiger partial charge in [-0.15, -0.1) is 0 Å². The highest BCUT2D eigenvalue weighted by Crippen LogP contribution is 2.20. The minimum Gasteiger partial charge on any atom is -0.355 e. The molecule has 0 radical (unpaired) electrons.